The summed E-state index contributed by atoms with van der Waals surface area (Å²) in [6, 6.07) is 6.02. The van der Waals surface area contributed by atoms with Crippen molar-refractivity contribution in [3.63, 3.8) is 0 Å². The van der Waals surface area contributed by atoms with Crippen molar-refractivity contribution in [2.45, 2.75) is 30.6 Å². The fourth-order valence-electron chi connectivity index (χ4n) is 2.31. The minimum atomic E-state index is -3.44. The van der Waals surface area contributed by atoms with Crippen LogP contribution in [0.4, 0.5) is 10.5 Å². The SMILES string of the molecule is CNS(=O)(=O)c1ccc(NC(=O)N2CCCCCC2)cc1. The first-order valence-corrected chi connectivity index (χ1v) is 8.61. The molecule has 0 radical (unpaired) electrons. The number of anilines is 1. The van der Waals surface area contributed by atoms with Gasteiger partial charge in [-0.1, -0.05) is 12.8 Å². The van der Waals surface area contributed by atoms with Gasteiger partial charge < -0.3 is 10.2 Å². The van der Waals surface area contributed by atoms with Crippen LogP contribution in [0.3, 0.4) is 0 Å². The number of likely N-dealkylation sites (tertiary alicyclic amines) is 1. The number of rotatable bonds is 3. The van der Waals surface area contributed by atoms with Crippen LogP contribution in [-0.4, -0.2) is 39.5 Å². The molecule has 1 saturated heterocycles. The minimum Gasteiger partial charge on any atom is -0.325 e. The molecule has 116 valence electrons. The van der Waals surface area contributed by atoms with Crippen LogP contribution in [0.2, 0.25) is 0 Å². The van der Waals surface area contributed by atoms with Crippen LogP contribution >= 0.6 is 0 Å². The van der Waals surface area contributed by atoms with Crippen LogP contribution in [-0.2, 0) is 10.0 Å². The zero-order valence-electron chi connectivity index (χ0n) is 12.1. The van der Waals surface area contributed by atoms with E-state index in [1.165, 1.54) is 32.0 Å². The van der Waals surface area contributed by atoms with Crippen LogP contribution in [0, 0.1) is 0 Å². The second-order valence-electron chi connectivity index (χ2n) is 5.06. The third-order valence-corrected chi connectivity index (χ3v) is 5.01. The van der Waals surface area contributed by atoms with E-state index >= 15 is 0 Å². The zero-order chi connectivity index (χ0) is 15.3. The highest BCUT2D eigenvalue weighted by Gasteiger charge is 2.16. The lowest BCUT2D eigenvalue weighted by atomic mass is 10.2. The summed E-state index contributed by atoms with van der Waals surface area (Å²) in [5.74, 6) is 0. The summed E-state index contributed by atoms with van der Waals surface area (Å²) in [6.45, 7) is 1.55. The molecule has 1 aromatic rings. The first kappa shape index (κ1) is 15.8. The second-order valence-corrected chi connectivity index (χ2v) is 6.95. The smallest absolute Gasteiger partial charge is 0.321 e. The molecule has 1 aliphatic heterocycles. The normalized spacial score (nSPS) is 16.3. The Balaban J connectivity index is 2.01. The number of benzene rings is 1. The number of nitrogens with zero attached hydrogens (tertiary/aromatic N) is 1. The van der Waals surface area contributed by atoms with Gasteiger partial charge >= 0.3 is 6.03 Å². The molecule has 2 N–H and O–H groups in total. The maximum atomic E-state index is 12.1. The molecule has 0 atom stereocenters. The van der Waals surface area contributed by atoms with Gasteiger partial charge in [-0.05, 0) is 44.2 Å². The van der Waals surface area contributed by atoms with Gasteiger partial charge in [0.15, 0.2) is 0 Å². The maximum absolute atomic E-state index is 12.1. The molecule has 2 amide bonds. The van der Waals surface area contributed by atoms with Gasteiger partial charge in [0, 0.05) is 18.8 Å². The summed E-state index contributed by atoms with van der Waals surface area (Å²) in [6.07, 6.45) is 4.40. The molecule has 0 aliphatic carbocycles. The third kappa shape index (κ3) is 4.18. The first-order valence-electron chi connectivity index (χ1n) is 7.12. The number of sulfonamides is 1. The fourth-order valence-corrected chi connectivity index (χ4v) is 3.04. The Kier molecular flexibility index (Phi) is 5.19. The average molecular weight is 311 g/mol. The number of hydrogen-bond acceptors (Lipinski definition) is 3. The molecule has 1 heterocycles. The van der Waals surface area contributed by atoms with Gasteiger partial charge in [-0.2, -0.15) is 0 Å². The Morgan fingerprint density at radius 1 is 1.05 bits per heavy atom. The van der Waals surface area contributed by atoms with E-state index in [4.69, 9.17) is 0 Å². The number of amides is 2. The summed E-state index contributed by atoms with van der Waals surface area (Å²) >= 11 is 0. The van der Waals surface area contributed by atoms with Gasteiger partial charge in [0.05, 0.1) is 4.90 Å². The quantitative estimate of drug-likeness (QED) is 0.896. The van der Waals surface area contributed by atoms with E-state index in [-0.39, 0.29) is 10.9 Å². The number of carbonyl (C=O) groups excluding carboxylic acids is 1. The van der Waals surface area contributed by atoms with Crippen LogP contribution in [0.1, 0.15) is 25.7 Å². The molecule has 6 nitrogen and oxygen atoms in total. The Hall–Kier alpha value is -1.60. The number of urea groups is 1. The van der Waals surface area contributed by atoms with Crippen molar-refractivity contribution in [1.82, 2.24) is 9.62 Å². The number of carbonyl (C=O) groups is 1. The van der Waals surface area contributed by atoms with Crippen molar-refractivity contribution in [3.8, 4) is 0 Å². The Morgan fingerprint density at radius 2 is 1.62 bits per heavy atom. The van der Waals surface area contributed by atoms with Crippen molar-refractivity contribution in [1.29, 1.82) is 0 Å². The highest BCUT2D eigenvalue weighted by atomic mass is 32.2. The third-order valence-electron chi connectivity index (χ3n) is 3.58. The summed E-state index contributed by atoms with van der Waals surface area (Å²) in [4.78, 5) is 14.1. The number of hydrogen-bond donors (Lipinski definition) is 2. The summed E-state index contributed by atoms with van der Waals surface area (Å²) in [5, 5.41) is 2.81. The van der Waals surface area contributed by atoms with E-state index in [9.17, 15) is 13.2 Å². The average Bonchev–Trinajstić information content (AvgIpc) is 2.77. The summed E-state index contributed by atoms with van der Waals surface area (Å²) < 4.78 is 25.5. The summed E-state index contributed by atoms with van der Waals surface area (Å²) in [5.41, 5.74) is 0.597. The van der Waals surface area contributed by atoms with Gasteiger partial charge in [0.1, 0.15) is 0 Å². The monoisotopic (exact) mass is 311 g/mol. The van der Waals surface area contributed by atoms with Gasteiger partial charge in [-0.25, -0.2) is 17.9 Å². The van der Waals surface area contributed by atoms with E-state index in [1.54, 1.807) is 12.1 Å². The maximum Gasteiger partial charge on any atom is 0.321 e. The van der Waals surface area contributed by atoms with Crippen molar-refractivity contribution < 1.29 is 13.2 Å². The highest BCUT2D eigenvalue weighted by molar-refractivity contribution is 7.89. The van der Waals surface area contributed by atoms with Gasteiger partial charge in [0.25, 0.3) is 0 Å². The summed E-state index contributed by atoms with van der Waals surface area (Å²) in [7, 11) is -2.08. The van der Waals surface area contributed by atoms with E-state index in [1.807, 2.05) is 4.90 Å². The predicted octanol–water partition coefficient (Wildman–Crippen LogP) is 2.00. The standard InChI is InChI=1S/C14H21N3O3S/c1-15-21(19,20)13-8-6-12(7-9-13)16-14(18)17-10-4-2-3-5-11-17/h6-9,15H,2-5,10-11H2,1H3,(H,16,18). The van der Waals surface area contributed by atoms with E-state index < -0.39 is 10.0 Å². The fraction of sp³-hybridized carbons (Fsp3) is 0.500. The first-order chi connectivity index (χ1) is 10.0. The molecule has 0 saturated carbocycles. The molecule has 0 aromatic heterocycles. The Labute approximate surface area is 125 Å². The lowest BCUT2D eigenvalue weighted by molar-refractivity contribution is 0.214. The molecule has 1 aliphatic rings. The van der Waals surface area contributed by atoms with Gasteiger partial charge in [0.2, 0.25) is 10.0 Å². The van der Waals surface area contributed by atoms with E-state index in [0.29, 0.717) is 5.69 Å². The largest absolute Gasteiger partial charge is 0.325 e. The predicted molar refractivity (Wildman–Crippen MR) is 81.7 cm³/mol. The molecule has 1 aromatic carbocycles. The van der Waals surface area contributed by atoms with Gasteiger partial charge in [-0.15, -0.1) is 0 Å². The Morgan fingerprint density at radius 3 is 2.14 bits per heavy atom. The van der Waals surface area contributed by atoms with Crippen LogP contribution in [0.25, 0.3) is 0 Å². The lowest BCUT2D eigenvalue weighted by Crippen LogP contribution is -2.35. The minimum absolute atomic E-state index is 0.124. The van der Waals surface area contributed by atoms with Crippen molar-refractivity contribution in [3.05, 3.63) is 24.3 Å². The van der Waals surface area contributed by atoms with Crippen LogP contribution in [0.15, 0.2) is 29.2 Å². The molecular formula is C14H21N3O3S. The molecule has 2 rings (SSSR count). The molecule has 0 bridgehead atoms. The lowest BCUT2D eigenvalue weighted by Gasteiger charge is -2.20. The van der Waals surface area contributed by atoms with Crippen molar-refractivity contribution >= 4 is 21.7 Å². The van der Waals surface area contributed by atoms with Gasteiger partial charge in [-0.3, -0.25) is 0 Å². The molecule has 21 heavy (non-hydrogen) atoms. The zero-order valence-corrected chi connectivity index (χ0v) is 12.9. The highest BCUT2D eigenvalue weighted by Crippen LogP contribution is 2.15. The Bertz CT molecular complexity index is 576. The molecule has 0 spiro atoms. The molecule has 0 unspecified atom stereocenters. The second kappa shape index (κ2) is 6.91. The molecule has 1 fully saturated rings. The van der Waals surface area contributed by atoms with Crippen molar-refractivity contribution in [2.75, 3.05) is 25.5 Å². The van der Waals surface area contributed by atoms with E-state index in [0.717, 1.165) is 25.9 Å². The molecular weight excluding hydrogens is 290 g/mol. The van der Waals surface area contributed by atoms with Crippen LogP contribution in [0.5, 0.6) is 0 Å². The van der Waals surface area contributed by atoms with E-state index in [2.05, 4.69) is 10.0 Å². The number of nitrogens with one attached hydrogen (secondary N) is 2. The topological polar surface area (TPSA) is 78.5 Å². The molecule has 7 heteroatoms. The van der Waals surface area contributed by atoms with Crippen molar-refractivity contribution in [2.24, 2.45) is 0 Å². The van der Waals surface area contributed by atoms with Crippen LogP contribution < -0.4 is 10.0 Å².